The average Bonchev–Trinajstić information content (AvgIpc) is 3.56. The third kappa shape index (κ3) is 8.03. The molecule has 0 saturated carbocycles. The van der Waals surface area contributed by atoms with Gasteiger partial charge in [-0.1, -0.05) is 25.1 Å². The van der Waals surface area contributed by atoms with Crippen molar-refractivity contribution in [3.63, 3.8) is 0 Å². The smallest absolute Gasteiger partial charge is 0.203 e. The molecule has 0 saturated heterocycles. The maximum absolute atomic E-state index is 6.21. The van der Waals surface area contributed by atoms with Gasteiger partial charge in [-0.3, -0.25) is 0 Å². The molecule has 8 nitrogen and oxygen atoms in total. The minimum Gasteiger partial charge on any atom is -0.493 e. The number of thiazole rings is 1. The van der Waals surface area contributed by atoms with E-state index >= 15 is 0 Å². The molecule has 1 heterocycles. The number of para-hydroxylation sites is 1. The van der Waals surface area contributed by atoms with Gasteiger partial charge in [-0.05, 0) is 91.4 Å². The van der Waals surface area contributed by atoms with E-state index in [0.717, 1.165) is 64.4 Å². The molecule has 0 amide bonds. The number of hydrogen-bond acceptors (Lipinski definition) is 9. The monoisotopic (exact) mass is 657 g/mol. The number of benzene rings is 4. The largest absolute Gasteiger partial charge is 0.493 e. The third-order valence-corrected chi connectivity index (χ3v) is 9.22. The molecule has 1 atom stereocenters. The van der Waals surface area contributed by atoms with E-state index in [1.807, 2.05) is 54.6 Å². The van der Waals surface area contributed by atoms with E-state index in [1.54, 1.807) is 46.9 Å². The van der Waals surface area contributed by atoms with Crippen molar-refractivity contribution in [2.45, 2.75) is 38.5 Å². The molecule has 1 aromatic heterocycles. The molecule has 4 aromatic carbocycles. The molecule has 5 rings (SSSR count). The third-order valence-electron chi connectivity index (χ3n) is 8.13. The van der Waals surface area contributed by atoms with E-state index in [2.05, 4.69) is 25.1 Å². The van der Waals surface area contributed by atoms with Crippen molar-refractivity contribution in [1.82, 2.24) is 4.98 Å². The summed E-state index contributed by atoms with van der Waals surface area (Å²) in [5.41, 5.74) is 4.16. The highest BCUT2D eigenvalue weighted by molar-refractivity contribution is 7.21. The minimum atomic E-state index is 0.0549. The standard InChI is InChI=1S/C38H43NO7S/c1-25(28-23-34(42-4)37(44-6)35(24-28)43-5)26-15-17-30(40-2)33(21-26)46-20-12-8-7-11-19-45-31-18-16-27(22-32(31)41-3)38-39-29-13-9-10-14-36(29)47-38/h9-10,13-18,21-25H,7-8,11-12,19-20H2,1-6H3. The maximum Gasteiger partial charge on any atom is 0.203 e. The highest BCUT2D eigenvalue weighted by Crippen LogP contribution is 2.42. The summed E-state index contributed by atoms with van der Waals surface area (Å²) in [6.45, 7) is 3.35. The van der Waals surface area contributed by atoms with E-state index in [0.29, 0.717) is 42.0 Å². The van der Waals surface area contributed by atoms with Crippen LogP contribution in [0.25, 0.3) is 20.8 Å². The van der Waals surface area contributed by atoms with E-state index in [1.165, 1.54) is 4.70 Å². The number of nitrogens with zero attached hydrogens (tertiary/aromatic N) is 1. The van der Waals surface area contributed by atoms with Crippen LogP contribution in [0.1, 0.15) is 49.7 Å². The van der Waals surface area contributed by atoms with Crippen molar-refractivity contribution >= 4 is 21.6 Å². The highest BCUT2D eigenvalue weighted by Gasteiger charge is 2.19. The molecule has 0 N–H and O–H groups in total. The van der Waals surface area contributed by atoms with E-state index in [9.17, 15) is 0 Å². The number of hydrogen-bond donors (Lipinski definition) is 0. The van der Waals surface area contributed by atoms with Gasteiger partial charge >= 0.3 is 0 Å². The Kier molecular flexibility index (Phi) is 11.7. The second-order valence-electron chi connectivity index (χ2n) is 11.1. The summed E-state index contributed by atoms with van der Waals surface area (Å²) in [7, 11) is 8.18. The Balaban J connectivity index is 1.10. The van der Waals surface area contributed by atoms with Crippen molar-refractivity contribution in [3.05, 3.63) is 83.9 Å². The molecule has 5 aromatic rings. The first kappa shape index (κ1) is 33.7. The lowest BCUT2D eigenvalue weighted by Crippen LogP contribution is -2.04. The van der Waals surface area contributed by atoms with Gasteiger partial charge in [0.05, 0.1) is 59.0 Å². The summed E-state index contributed by atoms with van der Waals surface area (Å²) in [5.74, 6) is 4.78. The predicted octanol–water partition coefficient (Wildman–Crippen LogP) is 9.18. The number of unbranched alkanes of at least 4 members (excludes halogenated alkanes) is 3. The van der Waals surface area contributed by atoms with Crippen LogP contribution in [0.3, 0.4) is 0 Å². The second-order valence-corrected chi connectivity index (χ2v) is 12.1. The number of rotatable bonds is 17. The molecule has 0 fully saturated rings. The summed E-state index contributed by atoms with van der Waals surface area (Å²) in [4.78, 5) is 4.76. The fourth-order valence-corrected chi connectivity index (χ4v) is 6.42. The summed E-state index contributed by atoms with van der Waals surface area (Å²) < 4.78 is 41.3. The van der Waals surface area contributed by atoms with E-state index in [4.69, 9.17) is 38.1 Å². The average molecular weight is 658 g/mol. The Morgan fingerprint density at radius 1 is 0.574 bits per heavy atom. The number of fused-ring (bicyclic) bond motifs is 1. The van der Waals surface area contributed by atoms with Crippen LogP contribution in [-0.2, 0) is 0 Å². The van der Waals surface area contributed by atoms with Crippen LogP contribution in [0.15, 0.2) is 72.8 Å². The minimum absolute atomic E-state index is 0.0549. The van der Waals surface area contributed by atoms with Crippen molar-refractivity contribution in [2.75, 3.05) is 48.8 Å². The zero-order valence-corrected chi connectivity index (χ0v) is 28.8. The Morgan fingerprint density at radius 2 is 1.19 bits per heavy atom. The molecule has 248 valence electrons. The zero-order valence-electron chi connectivity index (χ0n) is 28.0. The van der Waals surface area contributed by atoms with E-state index < -0.39 is 0 Å². The Morgan fingerprint density at radius 3 is 1.83 bits per heavy atom. The van der Waals surface area contributed by atoms with Gasteiger partial charge in [-0.15, -0.1) is 11.3 Å². The Labute approximate surface area is 281 Å². The van der Waals surface area contributed by atoms with Crippen LogP contribution in [-0.4, -0.2) is 53.7 Å². The SMILES string of the molecule is COc1cc(-c2nc3ccccc3s2)ccc1OCCCCCCOc1cc(C(C)c2cc(OC)c(OC)c(OC)c2)ccc1OC. The Hall–Kier alpha value is -4.63. The van der Waals surface area contributed by atoms with Crippen LogP contribution in [0.5, 0.6) is 40.2 Å². The molecule has 0 radical (unpaired) electrons. The molecule has 0 aliphatic carbocycles. The first-order chi connectivity index (χ1) is 23.0. The van der Waals surface area contributed by atoms with Gasteiger partial charge in [-0.2, -0.15) is 0 Å². The molecule has 1 unspecified atom stereocenters. The lowest BCUT2D eigenvalue weighted by molar-refractivity contribution is 0.271. The lowest BCUT2D eigenvalue weighted by atomic mass is 9.92. The fraction of sp³-hybridized carbons (Fsp3) is 0.342. The van der Waals surface area contributed by atoms with Crippen LogP contribution in [0, 0.1) is 0 Å². The fourth-order valence-electron chi connectivity index (χ4n) is 5.46. The quantitative estimate of drug-likeness (QED) is 0.0917. The highest BCUT2D eigenvalue weighted by atomic mass is 32.1. The van der Waals surface area contributed by atoms with Gasteiger partial charge in [0.25, 0.3) is 0 Å². The zero-order chi connectivity index (χ0) is 33.2. The van der Waals surface area contributed by atoms with Gasteiger partial charge in [0, 0.05) is 11.5 Å². The predicted molar refractivity (Wildman–Crippen MR) is 188 cm³/mol. The van der Waals surface area contributed by atoms with Crippen LogP contribution in [0.2, 0.25) is 0 Å². The molecule has 47 heavy (non-hydrogen) atoms. The molecule has 0 aliphatic rings. The topological polar surface area (TPSA) is 77.5 Å². The van der Waals surface area contributed by atoms with Gasteiger partial charge in [-0.25, -0.2) is 4.98 Å². The molecule has 9 heteroatoms. The van der Waals surface area contributed by atoms with Gasteiger partial charge in [0.1, 0.15) is 5.01 Å². The lowest BCUT2D eigenvalue weighted by Gasteiger charge is -2.19. The van der Waals surface area contributed by atoms with Crippen molar-refractivity contribution in [1.29, 1.82) is 0 Å². The normalized spacial score (nSPS) is 11.6. The molecular formula is C38H43NO7S. The first-order valence-electron chi connectivity index (χ1n) is 15.8. The molecular weight excluding hydrogens is 614 g/mol. The number of ether oxygens (including phenoxy) is 7. The van der Waals surface area contributed by atoms with Crippen LogP contribution in [0.4, 0.5) is 0 Å². The number of methoxy groups -OCH3 is 5. The van der Waals surface area contributed by atoms with Gasteiger partial charge in [0.2, 0.25) is 5.75 Å². The first-order valence-corrected chi connectivity index (χ1v) is 16.6. The summed E-state index contributed by atoms with van der Waals surface area (Å²) in [5, 5.41) is 0.968. The summed E-state index contributed by atoms with van der Waals surface area (Å²) in [6, 6.07) is 24.2. The number of aromatic nitrogens is 1. The molecule has 0 spiro atoms. The molecule has 0 aliphatic heterocycles. The maximum atomic E-state index is 6.21. The second kappa shape index (κ2) is 16.3. The summed E-state index contributed by atoms with van der Waals surface area (Å²) in [6.07, 6.45) is 3.93. The van der Waals surface area contributed by atoms with Gasteiger partial charge < -0.3 is 33.2 Å². The van der Waals surface area contributed by atoms with Crippen molar-refractivity contribution in [2.24, 2.45) is 0 Å². The van der Waals surface area contributed by atoms with Crippen LogP contribution < -0.4 is 33.2 Å². The van der Waals surface area contributed by atoms with Crippen molar-refractivity contribution in [3.8, 4) is 50.8 Å². The van der Waals surface area contributed by atoms with E-state index in [-0.39, 0.29) is 5.92 Å². The molecule has 0 bridgehead atoms. The Bertz CT molecular complexity index is 1710. The van der Waals surface area contributed by atoms with Gasteiger partial charge in [0.15, 0.2) is 34.5 Å². The van der Waals surface area contributed by atoms with Crippen LogP contribution >= 0.6 is 11.3 Å². The summed E-state index contributed by atoms with van der Waals surface area (Å²) >= 11 is 1.67. The van der Waals surface area contributed by atoms with Crippen molar-refractivity contribution < 1.29 is 33.2 Å².